The summed E-state index contributed by atoms with van der Waals surface area (Å²) in [6.07, 6.45) is 2.93. The van der Waals surface area contributed by atoms with E-state index in [1.165, 1.54) is 0 Å². The Hall–Kier alpha value is -1.18. The number of hydrogen-bond acceptors (Lipinski definition) is 7. The summed E-state index contributed by atoms with van der Waals surface area (Å²) in [6, 6.07) is 0.615. The van der Waals surface area contributed by atoms with E-state index in [1.54, 1.807) is 7.11 Å². The van der Waals surface area contributed by atoms with Gasteiger partial charge in [-0.15, -0.1) is 5.10 Å². The maximum absolute atomic E-state index is 5.79. The topological polar surface area (TPSA) is 72.7 Å². The molecular weight excluding hydrogens is 248 g/mol. The van der Waals surface area contributed by atoms with E-state index in [4.69, 9.17) is 13.9 Å². The molecule has 2 bridgehead atoms. The van der Waals surface area contributed by atoms with Crippen molar-refractivity contribution < 1.29 is 13.9 Å². The van der Waals surface area contributed by atoms with E-state index in [9.17, 15) is 0 Å². The predicted molar refractivity (Wildman–Crippen MR) is 68.0 cm³/mol. The third-order valence-electron chi connectivity index (χ3n) is 3.53. The number of methoxy groups -OCH3 is 1. The molecule has 1 N–H and O–H groups in total. The Morgan fingerprint density at radius 2 is 2.11 bits per heavy atom. The molecule has 2 atom stereocenters. The third-order valence-corrected chi connectivity index (χ3v) is 3.53. The van der Waals surface area contributed by atoms with Gasteiger partial charge in [-0.25, -0.2) is 0 Å². The zero-order valence-corrected chi connectivity index (χ0v) is 11.2. The highest BCUT2D eigenvalue weighted by Gasteiger charge is 2.35. The lowest BCUT2D eigenvalue weighted by Gasteiger charge is -2.30. The second-order valence-corrected chi connectivity index (χ2v) is 5.01. The number of morpholine rings is 1. The SMILES string of the molecule is COCCNCc1nnc(N2CC3CCC(C2)O3)o1. The fourth-order valence-electron chi connectivity index (χ4n) is 2.58. The zero-order chi connectivity index (χ0) is 13.1. The summed E-state index contributed by atoms with van der Waals surface area (Å²) in [5, 5.41) is 11.4. The number of anilines is 1. The van der Waals surface area contributed by atoms with Crippen molar-refractivity contribution in [2.45, 2.75) is 31.6 Å². The molecule has 106 valence electrons. The molecule has 3 rings (SSSR count). The van der Waals surface area contributed by atoms with Crippen molar-refractivity contribution in [2.75, 3.05) is 38.3 Å². The molecular formula is C12H20N4O3. The van der Waals surface area contributed by atoms with Crippen LogP contribution in [-0.2, 0) is 16.0 Å². The number of ether oxygens (including phenoxy) is 2. The Morgan fingerprint density at radius 3 is 2.84 bits per heavy atom. The quantitative estimate of drug-likeness (QED) is 0.737. The Bertz CT molecular complexity index is 399. The number of nitrogens with one attached hydrogen (secondary N) is 1. The fourth-order valence-corrected chi connectivity index (χ4v) is 2.58. The molecule has 2 saturated heterocycles. The van der Waals surface area contributed by atoms with E-state index in [0.29, 0.717) is 37.3 Å². The molecule has 0 aromatic carbocycles. The smallest absolute Gasteiger partial charge is 0.318 e. The van der Waals surface area contributed by atoms with E-state index in [0.717, 1.165) is 32.5 Å². The average Bonchev–Trinajstić information content (AvgIpc) is 3.02. The van der Waals surface area contributed by atoms with Crippen molar-refractivity contribution in [3.05, 3.63) is 5.89 Å². The van der Waals surface area contributed by atoms with E-state index in [1.807, 2.05) is 0 Å². The first-order valence-corrected chi connectivity index (χ1v) is 6.77. The lowest BCUT2D eigenvalue weighted by atomic mass is 10.2. The van der Waals surface area contributed by atoms with Gasteiger partial charge in [-0.2, -0.15) is 0 Å². The van der Waals surface area contributed by atoms with Gasteiger partial charge in [0.15, 0.2) is 0 Å². The van der Waals surface area contributed by atoms with Crippen molar-refractivity contribution in [3.8, 4) is 0 Å². The van der Waals surface area contributed by atoms with Crippen LogP contribution in [0.5, 0.6) is 0 Å². The minimum Gasteiger partial charge on any atom is -0.407 e. The maximum atomic E-state index is 5.79. The highest BCUT2D eigenvalue weighted by Crippen LogP contribution is 2.28. The highest BCUT2D eigenvalue weighted by atomic mass is 16.5. The van der Waals surface area contributed by atoms with Crippen molar-refractivity contribution >= 4 is 6.01 Å². The summed E-state index contributed by atoms with van der Waals surface area (Å²) in [6.45, 7) is 3.74. The van der Waals surface area contributed by atoms with Gasteiger partial charge in [-0.1, -0.05) is 5.10 Å². The summed E-state index contributed by atoms with van der Waals surface area (Å²) >= 11 is 0. The van der Waals surface area contributed by atoms with Crippen LogP contribution in [0.15, 0.2) is 4.42 Å². The van der Waals surface area contributed by atoms with Crippen molar-refractivity contribution in [1.29, 1.82) is 0 Å². The van der Waals surface area contributed by atoms with E-state index >= 15 is 0 Å². The Kier molecular flexibility index (Phi) is 3.95. The van der Waals surface area contributed by atoms with Gasteiger partial charge in [0.05, 0.1) is 25.4 Å². The molecule has 2 aliphatic rings. The Labute approximate surface area is 112 Å². The van der Waals surface area contributed by atoms with Gasteiger partial charge in [0.1, 0.15) is 0 Å². The maximum Gasteiger partial charge on any atom is 0.318 e. The highest BCUT2D eigenvalue weighted by molar-refractivity contribution is 5.26. The van der Waals surface area contributed by atoms with Crippen LogP contribution in [0, 0.1) is 0 Å². The first-order chi connectivity index (χ1) is 9.35. The molecule has 1 aromatic heterocycles. The molecule has 0 saturated carbocycles. The molecule has 7 nitrogen and oxygen atoms in total. The van der Waals surface area contributed by atoms with E-state index in [-0.39, 0.29) is 0 Å². The fraction of sp³-hybridized carbons (Fsp3) is 0.833. The van der Waals surface area contributed by atoms with Crippen LogP contribution in [0.2, 0.25) is 0 Å². The molecule has 2 aliphatic heterocycles. The predicted octanol–water partition coefficient (Wildman–Crippen LogP) is 0.173. The van der Waals surface area contributed by atoms with E-state index in [2.05, 4.69) is 20.4 Å². The number of rotatable bonds is 6. The van der Waals surface area contributed by atoms with Gasteiger partial charge < -0.3 is 24.1 Å². The number of nitrogens with zero attached hydrogens (tertiary/aromatic N) is 3. The molecule has 0 spiro atoms. The first kappa shape index (κ1) is 12.8. The van der Waals surface area contributed by atoms with Crippen LogP contribution in [0.25, 0.3) is 0 Å². The van der Waals surface area contributed by atoms with Gasteiger partial charge in [0.25, 0.3) is 0 Å². The zero-order valence-electron chi connectivity index (χ0n) is 11.2. The monoisotopic (exact) mass is 268 g/mol. The average molecular weight is 268 g/mol. The van der Waals surface area contributed by atoms with E-state index < -0.39 is 0 Å². The molecule has 19 heavy (non-hydrogen) atoms. The van der Waals surface area contributed by atoms with Crippen molar-refractivity contribution in [1.82, 2.24) is 15.5 Å². The minimum absolute atomic E-state index is 0.328. The summed E-state index contributed by atoms with van der Waals surface area (Å²) in [4.78, 5) is 2.14. The van der Waals surface area contributed by atoms with Gasteiger partial charge in [-0.3, -0.25) is 0 Å². The second-order valence-electron chi connectivity index (χ2n) is 5.01. The molecule has 0 radical (unpaired) electrons. The standard InChI is InChI=1S/C12H20N4O3/c1-17-5-4-13-6-11-14-15-12(19-11)16-7-9-2-3-10(8-16)18-9/h9-10,13H,2-8H2,1H3. The van der Waals surface area contributed by atoms with Crippen LogP contribution in [0.3, 0.4) is 0 Å². The first-order valence-electron chi connectivity index (χ1n) is 6.77. The minimum atomic E-state index is 0.328. The summed E-state index contributed by atoms with van der Waals surface area (Å²) in [7, 11) is 1.68. The molecule has 0 amide bonds. The number of hydrogen-bond donors (Lipinski definition) is 1. The normalized spacial score (nSPS) is 26.1. The van der Waals surface area contributed by atoms with Crippen LogP contribution >= 0.6 is 0 Å². The van der Waals surface area contributed by atoms with Gasteiger partial charge in [0, 0.05) is 26.7 Å². The molecule has 2 unspecified atom stereocenters. The summed E-state index contributed by atoms with van der Waals surface area (Å²) < 4.78 is 16.4. The Balaban J connectivity index is 1.53. The Morgan fingerprint density at radius 1 is 1.32 bits per heavy atom. The van der Waals surface area contributed by atoms with Crippen LogP contribution in [0.4, 0.5) is 6.01 Å². The van der Waals surface area contributed by atoms with Gasteiger partial charge >= 0.3 is 6.01 Å². The van der Waals surface area contributed by atoms with Crippen LogP contribution in [0.1, 0.15) is 18.7 Å². The van der Waals surface area contributed by atoms with Crippen molar-refractivity contribution in [3.63, 3.8) is 0 Å². The van der Waals surface area contributed by atoms with Crippen LogP contribution < -0.4 is 10.2 Å². The lowest BCUT2D eigenvalue weighted by molar-refractivity contribution is 0.0287. The summed E-state index contributed by atoms with van der Waals surface area (Å²) in [5.41, 5.74) is 0. The molecule has 0 aliphatic carbocycles. The molecule has 1 aromatic rings. The second kappa shape index (κ2) is 5.85. The number of aromatic nitrogens is 2. The van der Waals surface area contributed by atoms with Gasteiger partial charge in [-0.05, 0) is 12.8 Å². The lowest BCUT2D eigenvalue weighted by Crippen LogP contribution is -2.42. The number of fused-ring (bicyclic) bond motifs is 2. The van der Waals surface area contributed by atoms with Gasteiger partial charge in [0.2, 0.25) is 5.89 Å². The molecule has 7 heteroatoms. The largest absolute Gasteiger partial charge is 0.407 e. The third kappa shape index (κ3) is 3.05. The summed E-state index contributed by atoms with van der Waals surface area (Å²) in [5.74, 6) is 0.616. The molecule has 2 fully saturated rings. The van der Waals surface area contributed by atoms with Crippen LogP contribution in [-0.4, -0.2) is 55.8 Å². The van der Waals surface area contributed by atoms with Crippen molar-refractivity contribution in [2.24, 2.45) is 0 Å². The molecule has 3 heterocycles.